The zero-order valence-electron chi connectivity index (χ0n) is 18.6. The number of esters is 1. The van der Waals surface area contributed by atoms with E-state index in [0.29, 0.717) is 24.3 Å². The van der Waals surface area contributed by atoms with Gasteiger partial charge in [-0.3, -0.25) is 9.59 Å². The van der Waals surface area contributed by atoms with Gasteiger partial charge >= 0.3 is 5.97 Å². The minimum absolute atomic E-state index is 0.0553. The maximum absolute atomic E-state index is 12.3. The lowest BCUT2D eigenvalue weighted by atomic mass is 10.2. The highest BCUT2D eigenvalue weighted by Gasteiger charge is 2.12. The summed E-state index contributed by atoms with van der Waals surface area (Å²) in [5, 5.41) is 2.65. The molecular formula is C26H26N2O4S. The van der Waals surface area contributed by atoms with Gasteiger partial charge in [-0.2, -0.15) is 0 Å². The summed E-state index contributed by atoms with van der Waals surface area (Å²) >= 11 is 1.56. The third-order valence-electron chi connectivity index (χ3n) is 4.88. The van der Waals surface area contributed by atoms with Crippen molar-refractivity contribution < 1.29 is 19.1 Å². The van der Waals surface area contributed by atoms with Crippen LogP contribution in [0.25, 0.3) is 16.5 Å². The van der Waals surface area contributed by atoms with Gasteiger partial charge in [-0.25, -0.2) is 4.79 Å². The van der Waals surface area contributed by atoms with Crippen LogP contribution in [0.5, 0.6) is 0 Å². The Labute approximate surface area is 197 Å². The molecule has 0 saturated carbocycles. The molecule has 0 aliphatic heterocycles. The lowest BCUT2D eigenvalue weighted by Gasteiger charge is -2.18. The number of thiophene rings is 1. The van der Waals surface area contributed by atoms with E-state index >= 15 is 0 Å². The van der Waals surface area contributed by atoms with Gasteiger partial charge in [-0.05, 0) is 61.9 Å². The molecule has 1 aromatic heterocycles. The number of rotatable bonds is 9. The first-order chi connectivity index (χ1) is 16.0. The van der Waals surface area contributed by atoms with E-state index < -0.39 is 18.5 Å². The van der Waals surface area contributed by atoms with Gasteiger partial charge in [0.1, 0.15) is 0 Å². The number of hydrogen-bond acceptors (Lipinski definition) is 5. The van der Waals surface area contributed by atoms with Crippen LogP contribution in [-0.4, -0.2) is 42.4 Å². The van der Waals surface area contributed by atoms with Crippen molar-refractivity contribution in [3.63, 3.8) is 0 Å². The molecule has 2 amide bonds. The maximum Gasteiger partial charge on any atom is 0.331 e. The molecule has 0 atom stereocenters. The fraction of sp³-hybridized carbons (Fsp3) is 0.192. The van der Waals surface area contributed by atoms with Crippen LogP contribution in [-0.2, 0) is 14.3 Å². The molecule has 0 aliphatic carbocycles. The van der Waals surface area contributed by atoms with Gasteiger partial charge in [0.25, 0.3) is 11.8 Å². The Hall–Kier alpha value is -3.71. The van der Waals surface area contributed by atoms with E-state index in [1.54, 1.807) is 46.6 Å². The molecule has 6 nitrogen and oxygen atoms in total. The first-order valence-electron chi connectivity index (χ1n) is 10.7. The van der Waals surface area contributed by atoms with Crippen molar-refractivity contribution >= 4 is 40.9 Å². The normalized spacial score (nSPS) is 10.7. The van der Waals surface area contributed by atoms with Crippen molar-refractivity contribution in [2.45, 2.75) is 13.8 Å². The smallest absolute Gasteiger partial charge is 0.331 e. The summed E-state index contributed by atoms with van der Waals surface area (Å²) in [6, 6.07) is 20.5. The highest BCUT2D eigenvalue weighted by molar-refractivity contribution is 7.16. The van der Waals surface area contributed by atoms with Crippen molar-refractivity contribution in [2.24, 2.45) is 0 Å². The van der Waals surface area contributed by atoms with Crippen molar-refractivity contribution in [3.05, 3.63) is 83.2 Å². The molecule has 1 heterocycles. The maximum atomic E-state index is 12.3. The number of nitrogens with one attached hydrogen (secondary N) is 1. The van der Waals surface area contributed by atoms with Crippen LogP contribution in [0, 0.1) is 0 Å². The highest BCUT2D eigenvalue weighted by atomic mass is 32.1. The molecule has 0 bridgehead atoms. The first-order valence-corrected chi connectivity index (χ1v) is 11.5. The third-order valence-corrected chi connectivity index (χ3v) is 5.98. The van der Waals surface area contributed by atoms with Crippen LogP contribution in [0.15, 0.2) is 72.8 Å². The quantitative estimate of drug-likeness (QED) is 0.355. The van der Waals surface area contributed by atoms with Crippen LogP contribution in [0.3, 0.4) is 0 Å². The van der Waals surface area contributed by atoms with Gasteiger partial charge < -0.3 is 15.0 Å². The first kappa shape index (κ1) is 23.9. The lowest BCUT2D eigenvalue weighted by Crippen LogP contribution is -2.30. The molecule has 0 spiro atoms. The van der Waals surface area contributed by atoms with Gasteiger partial charge in [0.05, 0.1) is 0 Å². The molecule has 0 saturated heterocycles. The Morgan fingerprint density at radius 2 is 1.64 bits per heavy atom. The van der Waals surface area contributed by atoms with E-state index in [1.807, 2.05) is 56.3 Å². The zero-order valence-corrected chi connectivity index (χ0v) is 19.4. The predicted molar refractivity (Wildman–Crippen MR) is 132 cm³/mol. The van der Waals surface area contributed by atoms with E-state index in [4.69, 9.17) is 4.74 Å². The Kier molecular flexibility index (Phi) is 8.55. The largest absolute Gasteiger partial charge is 0.452 e. The predicted octanol–water partition coefficient (Wildman–Crippen LogP) is 5.09. The second-order valence-corrected chi connectivity index (χ2v) is 8.23. The van der Waals surface area contributed by atoms with Crippen molar-refractivity contribution in [2.75, 3.05) is 25.0 Å². The molecule has 0 radical (unpaired) electrons. The highest BCUT2D eigenvalue weighted by Crippen LogP contribution is 2.28. The van der Waals surface area contributed by atoms with Gasteiger partial charge in [0, 0.05) is 40.2 Å². The molecule has 0 unspecified atom stereocenters. The summed E-state index contributed by atoms with van der Waals surface area (Å²) in [6.07, 6.45) is 2.98. The second kappa shape index (κ2) is 11.8. The summed E-state index contributed by atoms with van der Waals surface area (Å²) in [6.45, 7) is 4.72. The van der Waals surface area contributed by atoms with Gasteiger partial charge in [0.2, 0.25) is 0 Å². The second-order valence-electron chi connectivity index (χ2n) is 7.11. The van der Waals surface area contributed by atoms with Crippen molar-refractivity contribution in [3.8, 4) is 10.4 Å². The number of benzene rings is 2. The molecule has 3 aromatic rings. The summed E-state index contributed by atoms with van der Waals surface area (Å²) in [7, 11) is 0. The monoisotopic (exact) mass is 462 g/mol. The van der Waals surface area contributed by atoms with Crippen LogP contribution < -0.4 is 5.32 Å². The van der Waals surface area contributed by atoms with E-state index in [0.717, 1.165) is 15.3 Å². The van der Waals surface area contributed by atoms with Gasteiger partial charge in [0.15, 0.2) is 6.61 Å². The van der Waals surface area contributed by atoms with Crippen molar-refractivity contribution in [1.29, 1.82) is 0 Å². The van der Waals surface area contributed by atoms with E-state index in [9.17, 15) is 14.4 Å². The number of ether oxygens (including phenoxy) is 1. The van der Waals surface area contributed by atoms with Gasteiger partial charge in [-0.15, -0.1) is 11.3 Å². The standard InChI is InChI=1S/C26H26N2O4S/c1-3-28(4-2)26(31)20-10-12-21(13-11-20)27-24(29)18-32-25(30)17-15-22-14-16-23(33-22)19-8-6-5-7-9-19/h5-17H,3-4,18H2,1-2H3,(H,27,29)/b17-15+. The fourth-order valence-corrected chi connectivity index (χ4v) is 4.04. The molecule has 7 heteroatoms. The van der Waals surface area contributed by atoms with Crippen LogP contribution >= 0.6 is 11.3 Å². The average Bonchev–Trinajstić information content (AvgIpc) is 3.32. The number of anilines is 1. The van der Waals surface area contributed by atoms with E-state index in [2.05, 4.69) is 5.32 Å². The topological polar surface area (TPSA) is 75.7 Å². The minimum Gasteiger partial charge on any atom is -0.452 e. The number of nitrogens with zero attached hydrogens (tertiary/aromatic N) is 1. The summed E-state index contributed by atoms with van der Waals surface area (Å²) in [5.74, 6) is -1.11. The van der Waals surface area contributed by atoms with Crippen molar-refractivity contribution in [1.82, 2.24) is 4.90 Å². The van der Waals surface area contributed by atoms with Crippen LogP contribution in [0.1, 0.15) is 29.1 Å². The van der Waals surface area contributed by atoms with E-state index in [1.165, 1.54) is 6.08 Å². The molecule has 33 heavy (non-hydrogen) atoms. The molecule has 0 aliphatic rings. The summed E-state index contributed by atoms with van der Waals surface area (Å²) in [4.78, 5) is 40.1. The Morgan fingerprint density at radius 3 is 2.30 bits per heavy atom. The average molecular weight is 463 g/mol. The number of hydrogen-bond donors (Lipinski definition) is 1. The van der Waals surface area contributed by atoms with Crippen LogP contribution in [0.2, 0.25) is 0 Å². The van der Waals surface area contributed by atoms with Crippen LogP contribution in [0.4, 0.5) is 5.69 Å². The Morgan fingerprint density at radius 1 is 0.939 bits per heavy atom. The van der Waals surface area contributed by atoms with Gasteiger partial charge in [-0.1, -0.05) is 30.3 Å². The molecule has 1 N–H and O–H groups in total. The Balaban J connectivity index is 1.46. The molecular weight excluding hydrogens is 436 g/mol. The summed E-state index contributed by atoms with van der Waals surface area (Å²) in [5.41, 5.74) is 2.19. The fourth-order valence-electron chi connectivity index (χ4n) is 3.12. The molecule has 0 fully saturated rings. The summed E-state index contributed by atoms with van der Waals surface area (Å²) < 4.78 is 5.02. The third kappa shape index (κ3) is 6.89. The number of carbonyl (C=O) groups excluding carboxylic acids is 3. The number of amides is 2. The molecule has 2 aromatic carbocycles. The lowest BCUT2D eigenvalue weighted by molar-refractivity contribution is -0.142. The Bertz CT molecular complexity index is 1120. The molecule has 170 valence electrons. The minimum atomic E-state index is -0.597. The SMILES string of the molecule is CCN(CC)C(=O)c1ccc(NC(=O)COC(=O)/C=C/c2ccc(-c3ccccc3)s2)cc1. The molecule has 3 rings (SSSR count). The zero-order chi connectivity index (χ0) is 23.6. The van der Waals surface area contributed by atoms with E-state index in [-0.39, 0.29) is 5.91 Å². The number of carbonyl (C=O) groups is 3.